The fourth-order valence-corrected chi connectivity index (χ4v) is 1.96. The number of carbonyl (C=O) groups is 1. The molecule has 1 aliphatic rings. The van der Waals surface area contributed by atoms with Gasteiger partial charge in [-0.15, -0.1) is 0 Å². The summed E-state index contributed by atoms with van der Waals surface area (Å²) in [5, 5.41) is 12.2. The molecular weight excluding hydrogens is 285 g/mol. The molecule has 0 bridgehead atoms. The molecule has 0 saturated heterocycles. The van der Waals surface area contributed by atoms with E-state index in [1.54, 1.807) is 0 Å². The highest BCUT2D eigenvalue weighted by Crippen LogP contribution is 2.33. The molecule has 0 aliphatic heterocycles. The van der Waals surface area contributed by atoms with Crippen LogP contribution in [-0.2, 0) is 6.18 Å². The maximum absolute atomic E-state index is 12.6. The van der Waals surface area contributed by atoms with Crippen LogP contribution in [0.3, 0.4) is 0 Å². The Kier molecular flexibility index (Phi) is 4.06. The quantitative estimate of drug-likeness (QED) is 0.508. The highest BCUT2D eigenvalue weighted by atomic mass is 19.4. The van der Waals surface area contributed by atoms with Crippen molar-refractivity contribution >= 4 is 17.6 Å². The number of rotatable bonds is 4. The predicted octanol–water partition coefficient (Wildman–Crippen LogP) is 2.54. The zero-order valence-electron chi connectivity index (χ0n) is 11.0. The van der Waals surface area contributed by atoms with E-state index < -0.39 is 23.8 Å². The Morgan fingerprint density at radius 1 is 1.38 bits per heavy atom. The second-order valence-electron chi connectivity index (χ2n) is 4.95. The van der Waals surface area contributed by atoms with E-state index in [2.05, 4.69) is 10.6 Å². The first kappa shape index (κ1) is 15.1. The van der Waals surface area contributed by atoms with Gasteiger partial charge in [0.25, 0.3) is 0 Å². The lowest BCUT2D eigenvalue weighted by Crippen LogP contribution is -2.47. The highest BCUT2D eigenvalue weighted by Gasteiger charge is 2.34. The number of benzene rings is 1. The van der Waals surface area contributed by atoms with Gasteiger partial charge in [0.1, 0.15) is 5.84 Å². The number of alkyl halides is 3. The van der Waals surface area contributed by atoms with Crippen LogP contribution in [0.5, 0.6) is 0 Å². The zero-order valence-corrected chi connectivity index (χ0v) is 11.0. The van der Waals surface area contributed by atoms with Gasteiger partial charge in [0.15, 0.2) is 0 Å². The largest absolute Gasteiger partial charge is 0.416 e. The number of amides is 2. The molecule has 0 spiro atoms. The van der Waals surface area contributed by atoms with Crippen LogP contribution in [0, 0.1) is 11.3 Å². The van der Waals surface area contributed by atoms with Crippen LogP contribution in [0.1, 0.15) is 18.4 Å². The summed E-state index contributed by atoms with van der Waals surface area (Å²) in [6.07, 6.45) is -2.73. The van der Waals surface area contributed by atoms with E-state index in [0.717, 1.165) is 25.0 Å². The molecule has 0 heterocycles. The van der Waals surface area contributed by atoms with Crippen molar-refractivity contribution in [3.05, 3.63) is 29.8 Å². The van der Waals surface area contributed by atoms with E-state index in [4.69, 9.17) is 11.1 Å². The van der Waals surface area contributed by atoms with Crippen molar-refractivity contribution in [2.45, 2.75) is 25.1 Å². The van der Waals surface area contributed by atoms with Gasteiger partial charge >= 0.3 is 12.2 Å². The molecule has 21 heavy (non-hydrogen) atoms. The lowest BCUT2D eigenvalue weighted by Gasteiger charge is -2.17. The molecule has 1 aliphatic carbocycles. The number of nitrogens with one attached hydrogen (secondary N) is 3. The molecular formula is C13H15F3N4O. The van der Waals surface area contributed by atoms with Gasteiger partial charge in [0.05, 0.1) is 11.6 Å². The van der Waals surface area contributed by atoms with Crippen LogP contribution in [-0.4, -0.2) is 17.9 Å². The number of urea groups is 1. The monoisotopic (exact) mass is 300 g/mol. The first-order chi connectivity index (χ1) is 9.77. The van der Waals surface area contributed by atoms with E-state index >= 15 is 0 Å². The summed E-state index contributed by atoms with van der Waals surface area (Å²) in [5.74, 6) is -0.0218. The third kappa shape index (κ3) is 4.11. The van der Waals surface area contributed by atoms with Crippen molar-refractivity contribution in [2.75, 3.05) is 5.32 Å². The Bertz CT molecular complexity index is 555. The molecule has 1 saturated carbocycles. The fourth-order valence-electron chi connectivity index (χ4n) is 1.96. The molecule has 2 rings (SSSR count). The molecule has 2 amide bonds. The van der Waals surface area contributed by atoms with Crippen LogP contribution >= 0.6 is 0 Å². The molecule has 5 N–H and O–H groups in total. The van der Waals surface area contributed by atoms with Crippen LogP contribution in [0.15, 0.2) is 24.3 Å². The number of nitrogens with two attached hydrogens (primary N) is 1. The van der Waals surface area contributed by atoms with Crippen LogP contribution in [0.25, 0.3) is 0 Å². The predicted molar refractivity (Wildman–Crippen MR) is 72.0 cm³/mol. The topological polar surface area (TPSA) is 91.0 Å². The molecule has 0 radical (unpaired) electrons. The van der Waals surface area contributed by atoms with Crippen LogP contribution in [0.2, 0.25) is 0 Å². The van der Waals surface area contributed by atoms with Crippen molar-refractivity contribution in [3.8, 4) is 0 Å². The second-order valence-corrected chi connectivity index (χ2v) is 4.95. The molecule has 1 aromatic carbocycles. The number of hydrogen-bond acceptors (Lipinski definition) is 2. The first-order valence-electron chi connectivity index (χ1n) is 6.36. The summed E-state index contributed by atoms with van der Waals surface area (Å²) in [7, 11) is 0. The average molecular weight is 300 g/mol. The Labute approximate surface area is 119 Å². The van der Waals surface area contributed by atoms with Gasteiger partial charge in [0, 0.05) is 5.69 Å². The van der Waals surface area contributed by atoms with Crippen LogP contribution in [0.4, 0.5) is 23.7 Å². The number of halogens is 3. The average Bonchev–Trinajstić information content (AvgIpc) is 3.19. The smallest absolute Gasteiger partial charge is 0.386 e. The van der Waals surface area contributed by atoms with Crippen molar-refractivity contribution in [1.82, 2.24) is 5.32 Å². The number of carbonyl (C=O) groups excluding carboxylic acids is 1. The standard InChI is InChI=1S/C13H15F3N4O/c14-13(15,16)8-2-1-3-9(6-8)19-12(21)20-10(11(17)18)7-4-5-7/h1-3,6-7,10H,4-5H2,(H3,17,18)(H2,19,20,21). The van der Waals surface area contributed by atoms with Gasteiger partial charge in [-0.2, -0.15) is 13.2 Å². The summed E-state index contributed by atoms with van der Waals surface area (Å²) >= 11 is 0. The minimum Gasteiger partial charge on any atom is -0.386 e. The number of anilines is 1. The summed E-state index contributed by atoms with van der Waals surface area (Å²) in [5.41, 5.74) is 4.58. The first-order valence-corrected chi connectivity index (χ1v) is 6.36. The molecule has 1 atom stereocenters. The second kappa shape index (κ2) is 5.63. The third-order valence-corrected chi connectivity index (χ3v) is 3.16. The highest BCUT2D eigenvalue weighted by molar-refractivity contribution is 5.94. The summed E-state index contributed by atoms with van der Waals surface area (Å²) < 4.78 is 37.7. The van der Waals surface area contributed by atoms with Crippen molar-refractivity contribution in [3.63, 3.8) is 0 Å². The number of hydrogen-bond donors (Lipinski definition) is 4. The van der Waals surface area contributed by atoms with Gasteiger partial charge in [-0.3, -0.25) is 5.41 Å². The lowest BCUT2D eigenvalue weighted by molar-refractivity contribution is -0.137. The Morgan fingerprint density at radius 3 is 2.57 bits per heavy atom. The molecule has 114 valence electrons. The molecule has 5 nitrogen and oxygen atoms in total. The molecule has 8 heteroatoms. The van der Waals surface area contributed by atoms with E-state index in [0.29, 0.717) is 0 Å². The van der Waals surface area contributed by atoms with Gasteiger partial charge < -0.3 is 16.4 Å². The molecule has 1 unspecified atom stereocenters. The van der Waals surface area contributed by atoms with Gasteiger partial charge in [-0.1, -0.05) is 6.07 Å². The minimum absolute atomic E-state index is 0.0282. The van der Waals surface area contributed by atoms with Crippen molar-refractivity contribution in [2.24, 2.45) is 11.7 Å². The summed E-state index contributed by atoms with van der Waals surface area (Å²) in [6.45, 7) is 0. The molecule has 1 fully saturated rings. The summed E-state index contributed by atoms with van der Waals surface area (Å²) in [6, 6.07) is 3.08. The van der Waals surface area contributed by atoms with E-state index in [9.17, 15) is 18.0 Å². The maximum atomic E-state index is 12.6. The molecule has 1 aromatic rings. The van der Waals surface area contributed by atoms with Crippen molar-refractivity contribution in [1.29, 1.82) is 5.41 Å². The third-order valence-electron chi connectivity index (χ3n) is 3.16. The Morgan fingerprint density at radius 2 is 2.05 bits per heavy atom. The molecule has 0 aromatic heterocycles. The zero-order chi connectivity index (χ0) is 15.6. The van der Waals surface area contributed by atoms with Crippen molar-refractivity contribution < 1.29 is 18.0 Å². The van der Waals surface area contributed by atoms with E-state index in [1.807, 2.05) is 0 Å². The van der Waals surface area contributed by atoms with E-state index in [-0.39, 0.29) is 17.4 Å². The number of amidine groups is 1. The van der Waals surface area contributed by atoms with Crippen LogP contribution < -0.4 is 16.4 Å². The minimum atomic E-state index is -4.47. The Balaban J connectivity index is 2.01. The summed E-state index contributed by atoms with van der Waals surface area (Å²) in [4.78, 5) is 11.8. The van der Waals surface area contributed by atoms with Gasteiger partial charge in [-0.05, 0) is 37.0 Å². The SMILES string of the molecule is N=C(N)C(NC(=O)Nc1cccc(C(F)(F)F)c1)C1CC1. The fraction of sp³-hybridized carbons (Fsp3) is 0.385. The lowest BCUT2D eigenvalue weighted by atomic mass is 10.1. The normalized spacial score (nSPS) is 16.1. The Hall–Kier alpha value is -2.25. The van der Waals surface area contributed by atoms with Gasteiger partial charge in [-0.25, -0.2) is 4.79 Å². The van der Waals surface area contributed by atoms with Gasteiger partial charge in [0.2, 0.25) is 0 Å². The maximum Gasteiger partial charge on any atom is 0.416 e. The van der Waals surface area contributed by atoms with E-state index in [1.165, 1.54) is 12.1 Å².